The third-order valence-electron chi connectivity index (χ3n) is 4.65. The molecule has 152 valence electrons. The molecule has 0 atom stereocenters. The van der Waals surface area contributed by atoms with Crippen LogP contribution in [-0.2, 0) is 13.1 Å². The summed E-state index contributed by atoms with van der Waals surface area (Å²) >= 11 is 5.90. The van der Waals surface area contributed by atoms with Crippen molar-refractivity contribution in [1.82, 2.24) is 19.9 Å². The third-order valence-corrected chi connectivity index (χ3v) is 4.90. The average Bonchev–Trinajstić information content (AvgIpc) is 3.14. The molecule has 0 aliphatic carbocycles. The van der Waals surface area contributed by atoms with Crippen LogP contribution in [0.15, 0.2) is 72.9 Å². The first kappa shape index (κ1) is 19.9. The van der Waals surface area contributed by atoms with Crippen molar-refractivity contribution in [3.8, 4) is 5.75 Å². The van der Waals surface area contributed by atoms with Crippen LogP contribution in [0.3, 0.4) is 0 Å². The molecule has 7 heteroatoms. The molecule has 0 radical (unpaired) electrons. The quantitative estimate of drug-likeness (QED) is 0.426. The smallest absolute Gasteiger partial charge is 0.270 e. The van der Waals surface area contributed by atoms with E-state index in [2.05, 4.69) is 14.9 Å². The highest BCUT2D eigenvalue weighted by molar-refractivity contribution is 6.30. The van der Waals surface area contributed by atoms with Crippen LogP contribution in [0.25, 0.3) is 11.0 Å². The Morgan fingerprint density at radius 3 is 2.63 bits per heavy atom. The van der Waals surface area contributed by atoms with E-state index >= 15 is 0 Å². The van der Waals surface area contributed by atoms with Crippen LogP contribution >= 0.6 is 11.6 Å². The molecule has 4 rings (SSSR count). The first-order chi connectivity index (χ1) is 14.7. The Morgan fingerprint density at radius 2 is 1.83 bits per heavy atom. The summed E-state index contributed by atoms with van der Waals surface area (Å²) in [6.45, 7) is 1.61. The number of para-hydroxylation sites is 2. The van der Waals surface area contributed by atoms with Gasteiger partial charge in [0.1, 0.15) is 17.3 Å². The van der Waals surface area contributed by atoms with Gasteiger partial charge in [0.2, 0.25) is 0 Å². The number of hydrogen-bond donors (Lipinski definition) is 1. The van der Waals surface area contributed by atoms with Crippen molar-refractivity contribution in [2.24, 2.45) is 0 Å². The molecule has 2 aromatic carbocycles. The summed E-state index contributed by atoms with van der Waals surface area (Å²) in [7, 11) is 0. The molecule has 1 amide bonds. The fraction of sp³-hybridized carbons (Fsp3) is 0.174. The highest BCUT2D eigenvalue weighted by atomic mass is 35.5. The number of pyridine rings is 1. The Hall–Kier alpha value is -3.38. The molecule has 0 fully saturated rings. The summed E-state index contributed by atoms with van der Waals surface area (Å²) in [6, 6.07) is 20.5. The zero-order valence-corrected chi connectivity index (χ0v) is 17.0. The monoisotopic (exact) mass is 420 g/mol. The molecule has 0 saturated heterocycles. The number of carbonyl (C=O) groups excluding carboxylic acids is 1. The standard InChI is InChI=1S/C23H21ClN4O2/c24-17-9-11-18(12-10-17)30-15-5-14-28-21-8-2-1-6-19(21)27-22(28)16-26-23(29)20-7-3-4-13-25-20/h1-4,6-13H,5,14-16H2,(H,26,29). The lowest BCUT2D eigenvalue weighted by atomic mass is 10.3. The number of imidazole rings is 1. The van der Waals surface area contributed by atoms with E-state index in [9.17, 15) is 4.79 Å². The molecule has 0 saturated carbocycles. The summed E-state index contributed by atoms with van der Waals surface area (Å²) in [6.07, 6.45) is 2.40. The molecule has 0 aliphatic heterocycles. The Labute approximate surface area is 179 Å². The highest BCUT2D eigenvalue weighted by Crippen LogP contribution is 2.18. The molecule has 30 heavy (non-hydrogen) atoms. The summed E-state index contributed by atoms with van der Waals surface area (Å²) < 4.78 is 7.92. The second-order valence-corrected chi connectivity index (χ2v) is 7.16. The molecule has 4 aromatic rings. The van der Waals surface area contributed by atoms with Crippen LogP contribution in [0.2, 0.25) is 5.02 Å². The Balaban J connectivity index is 1.42. The van der Waals surface area contributed by atoms with Crippen molar-refractivity contribution in [2.45, 2.75) is 19.5 Å². The molecule has 0 bridgehead atoms. The number of rotatable bonds is 8. The van der Waals surface area contributed by atoms with Crippen LogP contribution < -0.4 is 10.1 Å². The number of carbonyl (C=O) groups is 1. The van der Waals surface area contributed by atoms with E-state index in [-0.39, 0.29) is 5.91 Å². The fourth-order valence-corrected chi connectivity index (χ4v) is 3.33. The van der Waals surface area contributed by atoms with Gasteiger partial charge < -0.3 is 14.6 Å². The Kier molecular flexibility index (Phi) is 6.25. The first-order valence-corrected chi connectivity index (χ1v) is 10.1. The number of aromatic nitrogens is 3. The van der Waals surface area contributed by atoms with E-state index in [1.165, 1.54) is 0 Å². The van der Waals surface area contributed by atoms with E-state index in [4.69, 9.17) is 21.3 Å². The number of ether oxygens (including phenoxy) is 1. The molecular weight excluding hydrogens is 400 g/mol. The van der Waals surface area contributed by atoms with Gasteiger partial charge in [-0.05, 0) is 55.0 Å². The van der Waals surface area contributed by atoms with Gasteiger partial charge >= 0.3 is 0 Å². The van der Waals surface area contributed by atoms with Crippen molar-refractivity contribution in [1.29, 1.82) is 0 Å². The van der Waals surface area contributed by atoms with Crippen molar-refractivity contribution in [3.63, 3.8) is 0 Å². The van der Waals surface area contributed by atoms with Gasteiger partial charge in [-0.2, -0.15) is 0 Å². The van der Waals surface area contributed by atoms with Gasteiger partial charge in [0, 0.05) is 17.8 Å². The largest absolute Gasteiger partial charge is 0.494 e. The number of hydrogen-bond acceptors (Lipinski definition) is 4. The molecule has 2 aromatic heterocycles. The van der Waals surface area contributed by atoms with E-state index < -0.39 is 0 Å². The number of benzene rings is 2. The maximum absolute atomic E-state index is 12.3. The number of aryl methyl sites for hydroxylation is 1. The van der Waals surface area contributed by atoms with Crippen LogP contribution in [0.1, 0.15) is 22.7 Å². The number of nitrogens with zero attached hydrogens (tertiary/aromatic N) is 3. The van der Waals surface area contributed by atoms with Gasteiger partial charge in [-0.3, -0.25) is 9.78 Å². The molecule has 1 N–H and O–H groups in total. The van der Waals surface area contributed by atoms with Crippen molar-refractivity contribution in [3.05, 3.63) is 89.5 Å². The predicted molar refractivity (Wildman–Crippen MR) is 117 cm³/mol. The predicted octanol–water partition coefficient (Wildman–Crippen LogP) is 4.48. The minimum absolute atomic E-state index is 0.222. The zero-order valence-electron chi connectivity index (χ0n) is 16.3. The minimum atomic E-state index is -0.222. The Bertz CT molecular complexity index is 1130. The maximum atomic E-state index is 12.3. The Morgan fingerprint density at radius 1 is 1.03 bits per heavy atom. The minimum Gasteiger partial charge on any atom is -0.494 e. The van der Waals surface area contributed by atoms with Gasteiger partial charge in [-0.15, -0.1) is 0 Å². The lowest BCUT2D eigenvalue weighted by Gasteiger charge is -2.11. The van der Waals surface area contributed by atoms with Crippen LogP contribution in [0.4, 0.5) is 0 Å². The first-order valence-electron chi connectivity index (χ1n) is 9.72. The van der Waals surface area contributed by atoms with Gasteiger partial charge in [-0.1, -0.05) is 29.8 Å². The summed E-state index contributed by atoms with van der Waals surface area (Å²) in [5, 5.41) is 3.59. The molecule has 0 spiro atoms. The highest BCUT2D eigenvalue weighted by Gasteiger charge is 2.13. The normalized spacial score (nSPS) is 10.8. The van der Waals surface area contributed by atoms with Gasteiger partial charge in [0.25, 0.3) is 5.91 Å². The lowest BCUT2D eigenvalue weighted by molar-refractivity contribution is 0.0944. The molecule has 0 aliphatic rings. The topological polar surface area (TPSA) is 69.0 Å². The molecular formula is C23H21ClN4O2. The van der Waals surface area contributed by atoms with Crippen LogP contribution in [0.5, 0.6) is 5.75 Å². The van der Waals surface area contributed by atoms with Gasteiger partial charge in [0.05, 0.1) is 24.2 Å². The van der Waals surface area contributed by atoms with Gasteiger partial charge in [-0.25, -0.2) is 4.98 Å². The van der Waals surface area contributed by atoms with Crippen LogP contribution in [-0.4, -0.2) is 27.0 Å². The fourth-order valence-electron chi connectivity index (χ4n) is 3.20. The maximum Gasteiger partial charge on any atom is 0.270 e. The van der Waals surface area contributed by atoms with Crippen molar-refractivity contribution in [2.75, 3.05) is 6.61 Å². The van der Waals surface area contributed by atoms with Crippen LogP contribution in [0, 0.1) is 0 Å². The van der Waals surface area contributed by atoms with Gasteiger partial charge in [0.15, 0.2) is 0 Å². The number of amides is 1. The van der Waals surface area contributed by atoms with Crippen molar-refractivity contribution >= 4 is 28.5 Å². The van der Waals surface area contributed by atoms with E-state index in [1.807, 2.05) is 48.5 Å². The number of halogens is 1. The van der Waals surface area contributed by atoms with E-state index in [0.717, 1.165) is 35.6 Å². The average molecular weight is 421 g/mol. The van der Waals surface area contributed by atoms with Crippen molar-refractivity contribution < 1.29 is 9.53 Å². The van der Waals surface area contributed by atoms with E-state index in [0.29, 0.717) is 23.9 Å². The lowest BCUT2D eigenvalue weighted by Crippen LogP contribution is -2.25. The molecule has 0 unspecified atom stereocenters. The SMILES string of the molecule is O=C(NCc1nc2ccccc2n1CCCOc1ccc(Cl)cc1)c1ccccn1. The second-order valence-electron chi connectivity index (χ2n) is 6.72. The second kappa shape index (κ2) is 9.41. The summed E-state index contributed by atoms with van der Waals surface area (Å²) in [5.74, 6) is 1.37. The molecule has 2 heterocycles. The summed E-state index contributed by atoms with van der Waals surface area (Å²) in [4.78, 5) is 21.1. The third kappa shape index (κ3) is 4.78. The molecule has 6 nitrogen and oxygen atoms in total. The van der Waals surface area contributed by atoms with E-state index in [1.54, 1.807) is 24.4 Å². The zero-order chi connectivity index (χ0) is 20.8. The summed E-state index contributed by atoms with van der Waals surface area (Å²) in [5.41, 5.74) is 2.32. The number of nitrogens with one attached hydrogen (secondary N) is 1. The number of fused-ring (bicyclic) bond motifs is 1.